The molecule has 5 nitrogen and oxygen atoms in total. The van der Waals surface area contributed by atoms with E-state index in [1.165, 1.54) is 12.1 Å². The molecule has 1 aliphatic rings. The monoisotopic (exact) mass is 465 g/mol. The van der Waals surface area contributed by atoms with Crippen molar-refractivity contribution < 1.29 is 14.3 Å². The van der Waals surface area contributed by atoms with Crippen molar-refractivity contribution in [3.63, 3.8) is 0 Å². The highest BCUT2D eigenvalue weighted by Gasteiger charge is 2.35. The Kier molecular flexibility index (Phi) is 5.71. The fraction of sp³-hybridized carbons (Fsp3) is 0.167. The zero-order chi connectivity index (χ0) is 22.1. The van der Waals surface area contributed by atoms with Crippen molar-refractivity contribution >= 4 is 29.0 Å². The number of hydrogen-bond acceptors (Lipinski definition) is 5. The third-order valence-electron chi connectivity index (χ3n) is 5.44. The molecule has 0 radical (unpaired) electrons. The second-order valence-corrected chi connectivity index (χ2v) is 9.38. The zero-order valence-electron chi connectivity index (χ0n) is 17.0. The number of phenolic OH excluding ortho intramolecular Hbond substituents is 1. The van der Waals surface area contributed by atoms with Crippen LogP contribution in [0.5, 0.6) is 5.75 Å². The highest BCUT2D eigenvalue weighted by Crippen LogP contribution is 2.43. The predicted octanol–water partition coefficient (Wildman–Crippen LogP) is 5.26. The maximum absolute atomic E-state index is 13.4. The number of amides is 1. The van der Waals surface area contributed by atoms with Crippen molar-refractivity contribution in [1.82, 2.24) is 14.7 Å². The highest BCUT2D eigenvalue weighted by atomic mass is 32.2. The van der Waals surface area contributed by atoms with Crippen LogP contribution in [0.4, 0.5) is 4.39 Å². The molecule has 1 amide bonds. The molecule has 1 saturated heterocycles. The predicted molar refractivity (Wildman–Crippen MR) is 126 cm³/mol. The number of phenols is 1. The smallest absolute Gasteiger partial charge is 0.233 e. The largest absolute Gasteiger partial charge is 0.508 e. The van der Waals surface area contributed by atoms with E-state index in [4.69, 9.17) is 5.10 Å². The van der Waals surface area contributed by atoms with E-state index in [9.17, 15) is 14.3 Å². The molecule has 1 fully saturated rings. The second kappa shape index (κ2) is 8.80. The summed E-state index contributed by atoms with van der Waals surface area (Å²) in [6.45, 7) is 0.575. The summed E-state index contributed by atoms with van der Waals surface area (Å²) in [5, 5.41) is 18.2. The number of hydrogen-bond donors (Lipinski definition) is 1. The maximum Gasteiger partial charge on any atom is 0.233 e. The molecule has 0 aliphatic carbocycles. The molecule has 2 aromatic carbocycles. The van der Waals surface area contributed by atoms with E-state index in [0.29, 0.717) is 18.7 Å². The van der Waals surface area contributed by atoms with Crippen molar-refractivity contribution in [1.29, 1.82) is 0 Å². The van der Waals surface area contributed by atoms with E-state index in [2.05, 4.69) is 0 Å². The number of thioether (sulfide) groups is 1. The van der Waals surface area contributed by atoms with Crippen LogP contribution in [0.25, 0.3) is 16.9 Å². The molecule has 2 aromatic heterocycles. The highest BCUT2D eigenvalue weighted by molar-refractivity contribution is 8.00. The Hall–Kier alpha value is -3.10. The fourth-order valence-electron chi connectivity index (χ4n) is 3.78. The number of aromatic hydroxyl groups is 1. The molecule has 1 N–H and O–H groups in total. The lowest BCUT2D eigenvalue weighted by molar-refractivity contribution is -0.128. The van der Waals surface area contributed by atoms with E-state index in [0.717, 1.165) is 28.1 Å². The molecule has 1 unspecified atom stereocenters. The minimum absolute atomic E-state index is 0.101. The minimum Gasteiger partial charge on any atom is -0.508 e. The lowest BCUT2D eigenvalue weighted by Gasteiger charge is -2.24. The number of thiophene rings is 1. The summed E-state index contributed by atoms with van der Waals surface area (Å²) >= 11 is 3.19. The number of aromatic nitrogens is 2. The molecule has 3 heterocycles. The van der Waals surface area contributed by atoms with Gasteiger partial charge in [-0.3, -0.25) is 4.79 Å². The average molecular weight is 466 g/mol. The van der Waals surface area contributed by atoms with E-state index >= 15 is 0 Å². The van der Waals surface area contributed by atoms with Crippen molar-refractivity contribution in [2.75, 3.05) is 12.3 Å². The van der Waals surface area contributed by atoms with Crippen molar-refractivity contribution in [3.8, 4) is 22.7 Å². The molecule has 32 heavy (non-hydrogen) atoms. The third-order valence-corrected chi connectivity index (χ3v) is 7.36. The van der Waals surface area contributed by atoms with E-state index < -0.39 is 0 Å². The van der Waals surface area contributed by atoms with Crippen LogP contribution >= 0.6 is 23.1 Å². The topological polar surface area (TPSA) is 58.4 Å². The Labute approximate surface area is 193 Å². The molecular weight excluding hydrogens is 445 g/mol. The lowest BCUT2D eigenvalue weighted by atomic mass is 10.1. The molecular formula is C24H20FN3O2S2. The summed E-state index contributed by atoms with van der Waals surface area (Å²) in [5.41, 5.74) is 4.63. The van der Waals surface area contributed by atoms with Gasteiger partial charge in [0.05, 0.1) is 17.1 Å². The Morgan fingerprint density at radius 3 is 2.59 bits per heavy atom. The molecule has 0 spiro atoms. The molecule has 1 atom stereocenters. The molecule has 8 heteroatoms. The number of halogens is 1. The first kappa shape index (κ1) is 20.8. The van der Waals surface area contributed by atoms with Gasteiger partial charge >= 0.3 is 0 Å². The van der Waals surface area contributed by atoms with Gasteiger partial charge in [-0.15, -0.1) is 11.8 Å². The average Bonchev–Trinajstić information content (AvgIpc) is 3.53. The van der Waals surface area contributed by atoms with Crippen LogP contribution in [0.2, 0.25) is 0 Å². The summed E-state index contributed by atoms with van der Waals surface area (Å²) in [7, 11) is 0. The summed E-state index contributed by atoms with van der Waals surface area (Å²) < 4.78 is 15.2. The van der Waals surface area contributed by atoms with Crippen LogP contribution in [0.3, 0.4) is 0 Å². The van der Waals surface area contributed by atoms with Gasteiger partial charge in [0.1, 0.15) is 16.9 Å². The Bertz CT molecular complexity index is 1220. The first-order chi connectivity index (χ1) is 15.6. The number of nitrogens with zero attached hydrogens (tertiary/aromatic N) is 3. The normalized spacial score (nSPS) is 16.1. The number of carbonyl (C=O) groups excluding carboxylic acids is 1. The van der Waals surface area contributed by atoms with Gasteiger partial charge in [-0.2, -0.15) is 16.4 Å². The summed E-state index contributed by atoms with van der Waals surface area (Å²) in [6.07, 6.45) is 2.65. The Morgan fingerprint density at radius 1 is 1.09 bits per heavy atom. The second-order valence-electron chi connectivity index (χ2n) is 7.53. The Morgan fingerprint density at radius 2 is 1.88 bits per heavy atom. The Balaban J connectivity index is 1.48. The van der Waals surface area contributed by atoms with Crippen LogP contribution in [0.1, 0.15) is 16.5 Å². The fourth-order valence-corrected chi connectivity index (χ4v) is 5.65. The first-order valence-electron chi connectivity index (χ1n) is 10.2. The first-order valence-corrected chi connectivity index (χ1v) is 12.1. The van der Waals surface area contributed by atoms with Gasteiger partial charge < -0.3 is 10.0 Å². The third kappa shape index (κ3) is 4.16. The van der Waals surface area contributed by atoms with Gasteiger partial charge in [0, 0.05) is 29.2 Å². The van der Waals surface area contributed by atoms with Crippen LogP contribution in [-0.2, 0) is 11.2 Å². The number of benzene rings is 2. The van der Waals surface area contributed by atoms with Crippen molar-refractivity contribution in [2.24, 2.45) is 0 Å². The summed E-state index contributed by atoms with van der Waals surface area (Å²) in [6, 6.07) is 15.3. The van der Waals surface area contributed by atoms with Crippen LogP contribution in [0.15, 0.2) is 71.6 Å². The SMILES string of the molecule is O=C1CSC(c2cn(-c3ccc(F)cc3)nc2-c2ccsc2)N1CCc1ccc(O)cc1. The van der Waals surface area contributed by atoms with Gasteiger partial charge in [0.15, 0.2) is 0 Å². The quantitative estimate of drug-likeness (QED) is 0.422. The molecule has 5 rings (SSSR count). The van der Waals surface area contributed by atoms with Crippen molar-refractivity contribution in [3.05, 3.63) is 88.5 Å². The van der Waals surface area contributed by atoms with E-state index in [1.54, 1.807) is 52.0 Å². The number of rotatable bonds is 6. The number of carbonyl (C=O) groups is 1. The van der Waals surface area contributed by atoms with E-state index in [1.807, 2.05) is 40.1 Å². The zero-order valence-corrected chi connectivity index (χ0v) is 18.7. The van der Waals surface area contributed by atoms with Gasteiger partial charge in [-0.1, -0.05) is 12.1 Å². The van der Waals surface area contributed by atoms with E-state index in [-0.39, 0.29) is 22.8 Å². The van der Waals surface area contributed by atoms with Gasteiger partial charge in [0.2, 0.25) is 5.91 Å². The minimum atomic E-state index is -0.295. The van der Waals surface area contributed by atoms with Crippen molar-refractivity contribution in [2.45, 2.75) is 11.8 Å². The molecule has 0 saturated carbocycles. The van der Waals surface area contributed by atoms with Gasteiger partial charge in [-0.05, 0) is 59.8 Å². The van der Waals surface area contributed by atoms with Crippen LogP contribution in [-0.4, -0.2) is 38.0 Å². The summed E-state index contributed by atoms with van der Waals surface area (Å²) in [5.74, 6) is 0.458. The molecule has 162 valence electrons. The standard InChI is InChI=1S/C24H20FN3O2S2/c25-18-3-5-19(6-4-18)28-13-21(23(26-28)17-10-12-31-14-17)24-27(22(30)15-32-24)11-9-16-1-7-20(29)8-2-16/h1-8,10,12-14,24,29H,9,11,15H2. The molecule has 1 aliphatic heterocycles. The van der Waals surface area contributed by atoms with Gasteiger partial charge in [-0.25, -0.2) is 9.07 Å². The lowest BCUT2D eigenvalue weighted by Crippen LogP contribution is -2.30. The maximum atomic E-state index is 13.4. The van der Waals surface area contributed by atoms with Crippen LogP contribution in [0, 0.1) is 5.82 Å². The summed E-state index contributed by atoms with van der Waals surface area (Å²) in [4.78, 5) is 14.6. The van der Waals surface area contributed by atoms with Gasteiger partial charge in [0.25, 0.3) is 0 Å². The van der Waals surface area contributed by atoms with Crippen LogP contribution < -0.4 is 0 Å². The molecule has 0 bridgehead atoms. The molecule has 4 aromatic rings.